The van der Waals surface area contributed by atoms with Crippen molar-refractivity contribution >= 4 is 11.9 Å². The molecule has 0 aromatic carbocycles. The van der Waals surface area contributed by atoms with E-state index in [1.807, 2.05) is 6.92 Å². The Kier molecular flexibility index (Phi) is 7.32. The number of carbonyl (C=O) groups is 2. The summed E-state index contributed by atoms with van der Waals surface area (Å²) in [5, 5.41) is 0. The van der Waals surface area contributed by atoms with E-state index in [1.54, 1.807) is 19.9 Å². The fraction of sp³-hybridized carbons (Fsp3) is 0.636. The van der Waals surface area contributed by atoms with Crippen LogP contribution in [-0.2, 0) is 19.1 Å². The summed E-state index contributed by atoms with van der Waals surface area (Å²) in [5.41, 5.74) is 0.373. The zero-order chi connectivity index (χ0) is 11.7. The molecule has 0 radical (unpaired) electrons. The predicted octanol–water partition coefficient (Wildman–Crippen LogP) is 1.84. The minimum Gasteiger partial charge on any atom is -0.466 e. The van der Waals surface area contributed by atoms with Gasteiger partial charge in [0.15, 0.2) is 0 Å². The van der Waals surface area contributed by atoms with Crippen LogP contribution >= 0.6 is 0 Å². The normalized spacial score (nSPS) is 11.0. The van der Waals surface area contributed by atoms with E-state index in [2.05, 4.69) is 0 Å². The number of esters is 2. The van der Waals surface area contributed by atoms with Crippen LogP contribution in [0.5, 0.6) is 0 Å². The third-order valence-corrected chi connectivity index (χ3v) is 1.63. The molecule has 0 aliphatic carbocycles. The summed E-state index contributed by atoms with van der Waals surface area (Å²) in [6.07, 6.45) is 2.36. The second-order valence-corrected chi connectivity index (χ2v) is 2.84. The van der Waals surface area contributed by atoms with Crippen molar-refractivity contribution in [3.63, 3.8) is 0 Å². The Labute approximate surface area is 90.2 Å². The first kappa shape index (κ1) is 13.7. The van der Waals surface area contributed by atoms with Gasteiger partial charge in [0.05, 0.1) is 19.6 Å². The summed E-state index contributed by atoms with van der Waals surface area (Å²) < 4.78 is 9.58. The highest BCUT2D eigenvalue weighted by Gasteiger charge is 2.14. The molecule has 0 saturated carbocycles. The van der Waals surface area contributed by atoms with Crippen LogP contribution in [0.3, 0.4) is 0 Å². The Balaban J connectivity index is 4.34. The van der Waals surface area contributed by atoms with Crippen LogP contribution in [0.1, 0.15) is 33.6 Å². The SMILES string of the molecule is CCC=C(CC(=O)OCC)C(=O)OCC. The van der Waals surface area contributed by atoms with Gasteiger partial charge in [0, 0.05) is 5.57 Å². The van der Waals surface area contributed by atoms with Gasteiger partial charge in [-0.1, -0.05) is 13.0 Å². The molecule has 0 aliphatic heterocycles. The highest BCUT2D eigenvalue weighted by atomic mass is 16.5. The molecular weight excluding hydrogens is 196 g/mol. The summed E-state index contributed by atoms with van der Waals surface area (Å²) in [6.45, 7) is 5.98. The lowest BCUT2D eigenvalue weighted by atomic mass is 10.1. The van der Waals surface area contributed by atoms with Crippen LogP contribution in [0.2, 0.25) is 0 Å². The monoisotopic (exact) mass is 214 g/mol. The average molecular weight is 214 g/mol. The van der Waals surface area contributed by atoms with Gasteiger partial charge in [-0.2, -0.15) is 0 Å². The fourth-order valence-corrected chi connectivity index (χ4v) is 1.07. The maximum Gasteiger partial charge on any atom is 0.334 e. The molecule has 0 atom stereocenters. The molecule has 0 saturated heterocycles. The van der Waals surface area contributed by atoms with Crippen LogP contribution < -0.4 is 0 Å². The van der Waals surface area contributed by atoms with Crippen molar-refractivity contribution in [2.45, 2.75) is 33.6 Å². The molecule has 86 valence electrons. The fourth-order valence-electron chi connectivity index (χ4n) is 1.07. The number of rotatable bonds is 6. The molecule has 0 fully saturated rings. The first-order valence-corrected chi connectivity index (χ1v) is 5.17. The van der Waals surface area contributed by atoms with Gasteiger partial charge in [-0.25, -0.2) is 4.79 Å². The Morgan fingerprint density at radius 3 is 2.13 bits per heavy atom. The zero-order valence-corrected chi connectivity index (χ0v) is 9.54. The van der Waals surface area contributed by atoms with E-state index in [9.17, 15) is 9.59 Å². The third-order valence-electron chi connectivity index (χ3n) is 1.63. The molecule has 4 nitrogen and oxygen atoms in total. The van der Waals surface area contributed by atoms with Crippen molar-refractivity contribution in [1.82, 2.24) is 0 Å². The Bertz CT molecular complexity index is 243. The molecule has 0 aromatic heterocycles. The molecule has 0 bridgehead atoms. The van der Waals surface area contributed by atoms with Gasteiger partial charge in [0.2, 0.25) is 0 Å². The molecule has 0 amide bonds. The largest absolute Gasteiger partial charge is 0.466 e. The van der Waals surface area contributed by atoms with Crippen molar-refractivity contribution in [2.75, 3.05) is 13.2 Å². The van der Waals surface area contributed by atoms with E-state index in [4.69, 9.17) is 9.47 Å². The van der Waals surface area contributed by atoms with Crippen LogP contribution in [0, 0.1) is 0 Å². The first-order chi connectivity index (χ1) is 7.15. The first-order valence-electron chi connectivity index (χ1n) is 5.17. The van der Waals surface area contributed by atoms with E-state index in [-0.39, 0.29) is 6.42 Å². The van der Waals surface area contributed by atoms with E-state index < -0.39 is 11.9 Å². The van der Waals surface area contributed by atoms with Gasteiger partial charge in [-0.3, -0.25) is 4.79 Å². The van der Waals surface area contributed by atoms with Crippen LogP contribution in [0.4, 0.5) is 0 Å². The molecule has 0 rings (SSSR count). The number of carbonyl (C=O) groups excluding carboxylic acids is 2. The lowest BCUT2D eigenvalue weighted by Crippen LogP contribution is -2.13. The number of hydrogen-bond acceptors (Lipinski definition) is 4. The lowest BCUT2D eigenvalue weighted by molar-refractivity contribution is -0.145. The highest BCUT2D eigenvalue weighted by molar-refractivity contribution is 5.93. The van der Waals surface area contributed by atoms with Gasteiger partial charge in [-0.05, 0) is 20.3 Å². The maximum absolute atomic E-state index is 11.4. The number of ether oxygens (including phenoxy) is 2. The zero-order valence-electron chi connectivity index (χ0n) is 9.54. The molecular formula is C11H18O4. The Hall–Kier alpha value is -1.32. The van der Waals surface area contributed by atoms with Crippen LogP contribution in [0.25, 0.3) is 0 Å². The van der Waals surface area contributed by atoms with Crippen molar-refractivity contribution in [3.8, 4) is 0 Å². The van der Waals surface area contributed by atoms with Gasteiger partial charge in [0.1, 0.15) is 0 Å². The van der Waals surface area contributed by atoms with Crippen molar-refractivity contribution in [1.29, 1.82) is 0 Å². The third kappa shape index (κ3) is 5.88. The molecule has 0 aromatic rings. The van der Waals surface area contributed by atoms with E-state index in [0.29, 0.717) is 25.2 Å². The number of hydrogen-bond donors (Lipinski definition) is 0. The molecule has 0 unspecified atom stereocenters. The van der Waals surface area contributed by atoms with Gasteiger partial charge < -0.3 is 9.47 Å². The minimum atomic E-state index is -0.438. The van der Waals surface area contributed by atoms with Gasteiger partial charge >= 0.3 is 11.9 Å². The molecule has 0 spiro atoms. The van der Waals surface area contributed by atoms with Gasteiger partial charge in [-0.15, -0.1) is 0 Å². The van der Waals surface area contributed by atoms with Crippen molar-refractivity contribution in [2.24, 2.45) is 0 Å². The summed E-state index contributed by atoms with van der Waals surface area (Å²) >= 11 is 0. The van der Waals surface area contributed by atoms with Crippen LogP contribution in [-0.4, -0.2) is 25.2 Å². The predicted molar refractivity (Wildman–Crippen MR) is 56.3 cm³/mol. The van der Waals surface area contributed by atoms with E-state index in [1.165, 1.54) is 0 Å². The van der Waals surface area contributed by atoms with Gasteiger partial charge in [0.25, 0.3) is 0 Å². The second kappa shape index (κ2) is 8.03. The highest BCUT2D eigenvalue weighted by Crippen LogP contribution is 2.07. The van der Waals surface area contributed by atoms with Crippen LogP contribution in [0.15, 0.2) is 11.6 Å². The van der Waals surface area contributed by atoms with Crippen molar-refractivity contribution < 1.29 is 19.1 Å². The topological polar surface area (TPSA) is 52.6 Å². The second-order valence-electron chi connectivity index (χ2n) is 2.84. The molecule has 0 aliphatic rings. The molecule has 0 N–H and O–H groups in total. The lowest BCUT2D eigenvalue weighted by Gasteiger charge is -2.06. The summed E-state index contributed by atoms with van der Waals surface area (Å²) in [5.74, 6) is -0.836. The van der Waals surface area contributed by atoms with E-state index >= 15 is 0 Å². The maximum atomic E-state index is 11.4. The molecule has 4 heteroatoms. The molecule has 15 heavy (non-hydrogen) atoms. The quantitative estimate of drug-likeness (QED) is 0.500. The van der Waals surface area contributed by atoms with Crippen molar-refractivity contribution in [3.05, 3.63) is 11.6 Å². The minimum absolute atomic E-state index is 0.0134. The molecule has 0 heterocycles. The standard InChI is InChI=1S/C11H18O4/c1-4-7-9(11(13)15-6-3)8-10(12)14-5-2/h7H,4-6,8H2,1-3H3. The summed E-state index contributed by atoms with van der Waals surface area (Å²) in [7, 11) is 0. The average Bonchev–Trinajstić information content (AvgIpc) is 2.18. The number of allylic oxidation sites excluding steroid dienone is 1. The summed E-state index contributed by atoms with van der Waals surface area (Å²) in [6, 6.07) is 0. The Morgan fingerprint density at radius 2 is 1.67 bits per heavy atom. The van der Waals surface area contributed by atoms with E-state index in [0.717, 1.165) is 0 Å². The Morgan fingerprint density at radius 1 is 1.07 bits per heavy atom. The smallest absolute Gasteiger partial charge is 0.334 e. The summed E-state index contributed by atoms with van der Waals surface area (Å²) in [4.78, 5) is 22.5.